The van der Waals surface area contributed by atoms with Crippen molar-refractivity contribution in [2.75, 3.05) is 149 Å². The molecule has 0 bridgehead atoms. The lowest BCUT2D eigenvalue weighted by atomic mass is 10.0. The van der Waals surface area contributed by atoms with E-state index in [0.29, 0.717) is 111 Å². The van der Waals surface area contributed by atoms with Crippen molar-refractivity contribution in [1.29, 1.82) is 5.26 Å². The molecule has 0 aliphatic carbocycles. The number of ether oxygens (including phenoxy) is 7. The lowest BCUT2D eigenvalue weighted by Gasteiger charge is -2.37. The van der Waals surface area contributed by atoms with Gasteiger partial charge in [0.2, 0.25) is 0 Å². The predicted octanol–water partition coefficient (Wildman–Crippen LogP) is 4.09. The minimum Gasteiger partial charge on any atom is -0.462 e. The van der Waals surface area contributed by atoms with Crippen LogP contribution in [0.25, 0.3) is 10.8 Å². The smallest absolute Gasteiger partial charge is 0.318 e. The Hall–Kier alpha value is -3.40. The van der Waals surface area contributed by atoms with Crippen molar-refractivity contribution < 1.29 is 33.2 Å². The standard InChI is InChI=1S/C44H65ClN8O7/c1-47-15-21-55-23-25-57-27-29-59-31-30-58-28-26-56-24-22-54-20-5-17-51-16-4-8-37(51)34-60-44-49-40-33-52(41-10-3-7-35-6-2-9-39(45)42(35)41)18-12-38(40)43(50-44)53-19-14-48-36(32-53)11-13-46/h2-3,6-7,9-10,36-37,47-48H,4-5,8,11-12,14-34H2,1H3/t36-,37-/m0/s1. The van der Waals surface area contributed by atoms with Crippen LogP contribution in [-0.4, -0.2) is 166 Å². The van der Waals surface area contributed by atoms with E-state index < -0.39 is 0 Å². The van der Waals surface area contributed by atoms with Crippen LogP contribution in [0.1, 0.15) is 36.9 Å². The molecular weight excluding hydrogens is 788 g/mol. The fourth-order valence-corrected chi connectivity index (χ4v) is 8.30. The summed E-state index contributed by atoms with van der Waals surface area (Å²) >= 11 is 6.76. The predicted molar refractivity (Wildman–Crippen MR) is 234 cm³/mol. The normalized spacial score (nSPS) is 18.3. The number of rotatable bonds is 28. The van der Waals surface area contributed by atoms with Crippen LogP contribution in [0.3, 0.4) is 0 Å². The van der Waals surface area contributed by atoms with Crippen molar-refractivity contribution in [2.24, 2.45) is 0 Å². The van der Waals surface area contributed by atoms with Gasteiger partial charge in [0, 0.05) is 74.6 Å². The Labute approximate surface area is 360 Å². The molecule has 1 aromatic heterocycles. The number of halogens is 1. The topological polar surface area (TPSA) is 148 Å². The summed E-state index contributed by atoms with van der Waals surface area (Å²) in [6.45, 7) is 14.0. The summed E-state index contributed by atoms with van der Waals surface area (Å²) in [6, 6.07) is 15.6. The minimum absolute atomic E-state index is 0.0951. The largest absolute Gasteiger partial charge is 0.462 e. The first kappa shape index (κ1) is 46.1. The molecule has 0 unspecified atom stereocenters. The molecule has 3 aromatic rings. The summed E-state index contributed by atoms with van der Waals surface area (Å²) in [6.07, 6.45) is 4.42. The zero-order chi connectivity index (χ0) is 41.6. The number of nitrogens with one attached hydrogen (secondary N) is 2. The molecule has 0 amide bonds. The molecular formula is C44H65ClN8O7. The van der Waals surface area contributed by atoms with Gasteiger partial charge in [-0.25, -0.2) is 0 Å². The van der Waals surface area contributed by atoms with Gasteiger partial charge in [0.05, 0.1) is 102 Å². The average Bonchev–Trinajstić information content (AvgIpc) is 3.73. The van der Waals surface area contributed by atoms with Gasteiger partial charge in [-0.05, 0) is 56.8 Å². The molecule has 330 valence electrons. The van der Waals surface area contributed by atoms with Gasteiger partial charge in [0.25, 0.3) is 0 Å². The number of benzene rings is 2. The zero-order valence-electron chi connectivity index (χ0n) is 35.4. The molecule has 2 atom stereocenters. The third kappa shape index (κ3) is 14.3. The van der Waals surface area contributed by atoms with Crippen LogP contribution in [0.2, 0.25) is 5.02 Å². The molecule has 60 heavy (non-hydrogen) atoms. The van der Waals surface area contributed by atoms with E-state index in [-0.39, 0.29) is 6.04 Å². The first-order valence-electron chi connectivity index (χ1n) is 21.8. The van der Waals surface area contributed by atoms with Gasteiger partial charge >= 0.3 is 6.01 Å². The molecule has 16 heteroatoms. The van der Waals surface area contributed by atoms with E-state index in [2.05, 4.69) is 55.7 Å². The van der Waals surface area contributed by atoms with Crippen molar-refractivity contribution in [1.82, 2.24) is 25.5 Å². The molecule has 4 heterocycles. The second-order valence-corrected chi connectivity index (χ2v) is 15.7. The number of hydrogen-bond acceptors (Lipinski definition) is 15. The molecule has 2 N–H and O–H groups in total. The Morgan fingerprint density at radius 1 is 0.833 bits per heavy atom. The van der Waals surface area contributed by atoms with Crippen molar-refractivity contribution in [2.45, 2.75) is 50.7 Å². The van der Waals surface area contributed by atoms with E-state index >= 15 is 0 Å². The summed E-state index contributed by atoms with van der Waals surface area (Å²) in [4.78, 5) is 17.3. The number of piperazine rings is 1. The lowest BCUT2D eigenvalue weighted by Crippen LogP contribution is -2.51. The van der Waals surface area contributed by atoms with Gasteiger partial charge in [-0.15, -0.1) is 0 Å². The Bertz CT molecular complexity index is 1750. The summed E-state index contributed by atoms with van der Waals surface area (Å²) in [5.74, 6) is 0.938. The maximum Gasteiger partial charge on any atom is 0.318 e. The zero-order valence-corrected chi connectivity index (χ0v) is 36.2. The number of likely N-dealkylation sites (tertiary alicyclic amines) is 1. The molecule has 6 rings (SSSR count). The van der Waals surface area contributed by atoms with Crippen molar-refractivity contribution in [3.05, 3.63) is 52.7 Å². The highest BCUT2D eigenvalue weighted by molar-refractivity contribution is 6.36. The highest BCUT2D eigenvalue weighted by atomic mass is 35.5. The summed E-state index contributed by atoms with van der Waals surface area (Å²) in [5.41, 5.74) is 3.26. The van der Waals surface area contributed by atoms with Crippen LogP contribution in [0, 0.1) is 11.3 Å². The molecule has 0 radical (unpaired) electrons. The van der Waals surface area contributed by atoms with Crippen LogP contribution in [-0.2, 0) is 41.4 Å². The fraction of sp³-hybridized carbons (Fsp3) is 0.659. The molecule has 2 fully saturated rings. The van der Waals surface area contributed by atoms with Crippen molar-refractivity contribution >= 4 is 33.9 Å². The molecule has 2 saturated heterocycles. The van der Waals surface area contributed by atoms with E-state index in [1.54, 1.807) is 0 Å². The molecule has 0 spiro atoms. The van der Waals surface area contributed by atoms with Crippen molar-refractivity contribution in [3.63, 3.8) is 0 Å². The second-order valence-electron chi connectivity index (χ2n) is 15.3. The number of anilines is 2. The number of nitrogens with zero attached hydrogens (tertiary/aromatic N) is 6. The maximum absolute atomic E-state index is 9.43. The first-order chi connectivity index (χ1) is 29.6. The van der Waals surface area contributed by atoms with Gasteiger partial charge in [-0.3, -0.25) is 4.90 Å². The van der Waals surface area contributed by atoms with Crippen molar-refractivity contribution in [3.8, 4) is 12.1 Å². The number of aromatic nitrogens is 2. The highest BCUT2D eigenvalue weighted by Crippen LogP contribution is 2.37. The molecule has 0 saturated carbocycles. The maximum atomic E-state index is 9.43. The van der Waals surface area contributed by atoms with E-state index in [4.69, 9.17) is 54.7 Å². The number of nitriles is 1. The third-order valence-corrected chi connectivity index (χ3v) is 11.4. The highest BCUT2D eigenvalue weighted by Gasteiger charge is 2.30. The van der Waals surface area contributed by atoms with Crippen LogP contribution in [0.4, 0.5) is 11.5 Å². The number of hydrogen-bond donors (Lipinski definition) is 2. The number of fused-ring (bicyclic) bond motifs is 2. The minimum atomic E-state index is 0.0951. The summed E-state index contributed by atoms with van der Waals surface area (Å²) in [7, 11) is 1.90. The van der Waals surface area contributed by atoms with Gasteiger partial charge in [-0.2, -0.15) is 15.2 Å². The molecule has 2 aromatic carbocycles. The van der Waals surface area contributed by atoms with E-state index in [0.717, 1.165) is 104 Å². The fourth-order valence-electron chi connectivity index (χ4n) is 8.02. The lowest BCUT2D eigenvalue weighted by molar-refractivity contribution is -0.0168. The average molecular weight is 854 g/mol. The van der Waals surface area contributed by atoms with Gasteiger partial charge in [-0.1, -0.05) is 35.9 Å². The SMILES string of the molecule is CNCCOCCOCCOCCOCCOCCOCCCN1CCC[C@H]1COc1nc2c(c(N3CCN[C@@H](CC#N)C3)n1)CCN(c1cccc3cccc(Cl)c13)C2. The van der Waals surface area contributed by atoms with Gasteiger partial charge in [0.15, 0.2) is 0 Å². The van der Waals surface area contributed by atoms with Gasteiger partial charge in [0.1, 0.15) is 12.4 Å². The Morgan fingerprint density at radius 3 is 2.22 bits per heavy atom. The number of likely N-dealkylation sites (N-methyl/N-ethyl adjacent to an activating group) is 1. The van der Waals surface area contributed by atoms with Crippen LogP contribution in [0.5, 0.6) is 6.01 Å². The summed E-state index contributed by atoms with van der Waals surface area (Å²) < 4.78 is 40.0. The Balaban J connectivity index is 0.900. The quantitative estimate of drug-likeness (QED) is 0.101. The van der Waals surface area contributed by atoms with Crippen LogP contribution >= 0.6 is 11.6 Å². The molecule has 3 aliphatic rings. The second kappa shape index (κ2) is 26.2. The Kier molecular flexibility index (Phi) is 20.1. The third-order valence-electron chi connectivity index (χ3n) is 11.1. The van der Waals surface area contributed by atoms with E-state index in [1.165, 1.54) is 5.56 Å². The Morgan fingerprint density at radius 2 is 1.52 bits per heavy atom. The van der Waals surface area contributed by atoms with E-state index in [9.17, 15) is 5.26 Å². The summed E-state index contributed by atoms with van der Waals surface area (Å²) in [5, 5.41) is 18.9. The van der Waals surface area contributed by atoms with E-state index in [1.807, 2.05) is 19.2 Å². The first-order valence-corrected chi connectivity index (χ1v) is 22.2. The van der Waals surface area contributed by atoms with Gasteiger partial charge < -0.3 is 53.6 Å². The van der Waals surface area contributed by atoms with Crippen LogP contribution < -0.4 is 25.2 Å². The molecule has 15 nitrogen and oxygen atoms in total. The molecule has 3 aliphatic heterocycles. The monoisotopic (exact) mass is 852 g/mol. The van der Waals surface area contributed by atoms with Crippen LogP contribution in [0.15, 0.2) is 36.4 Å².